The van der Waals surface area contributed by atoms with E-state index in [1.165, 1.54) is 28.6 Å². The average Bonchev–Trinajstić information content (AvgIpc) is 2.43. The number of primary amides is 1. The Labute approximate surface area is 119 Å². The van der Waals surface area contributed by atoms with Crippen molar-refractivity contribution in [2.24, 2.45) is 5.73 Å². The molecule has 7 heteroatoms. The van der Waals surface area contributed by atoms with E-state index < -0.39 is 15.9 Å². The van der Waals surface area contributed by atoms with Gasteiger partial charge in [0.2, 0.25) is 15.9 Å². The monoisotopic (exact) mass is 300 g/mol. The van der Waals surface area contributed by atoms with E-state index in [4.69, 9.17) is 10.8 Å². The SMILES string of the molecule is CCCCN(CCO)S(=O)(=O)c1ccc(C(N)=O)cc1. The molecule has 0 saturated heterocycles. The highest BCUT2D eigenvalue weighted by Crippen LogP contribution is 2.17. The molecule has 0 aliphatic rings. The van der Waals surface area contributed by atoms with Gasteiger partial charge < -0.3 is 10.8 Å². The third kappa shape index (κ3) is 4.03. The van der Waals surface area contributed by atoms with Crippen LogP contribution >= 0.6 is 0 Å². The maximum absolute atomic E-state index is 12.4. The standard InChI is InChI=1S/C13H20N2O4S/c1-2-3-8-15(9-10-16)20(18,19)12-6-4-11(5-7-12)13(14)17/h4-7,16H,2-3,8-10H2,1H3,(H2,14,17). The molecule has 1 aromatic carbocycles. The Balaban J connectivity index is 3.02. The second kappa shape index (κ2) is 7.37. The third-order valence-corrected chi connectivity index (χ3v) is 4.80. The van der Waals surface area contributed by atoms with Crippen LogP contribution in [0.4, 0.5) is 0 Å². The summed E-state index contributed by atoms with van der Waals surface area (Å²) in [4.78, 5) is 11.1. The van der Waals surface area contributed by atoms with Crippen LogP contribution in [0.25, 0.3) is 0 Å². The summed E-state index contributed by atoms with van der Waals surface area (Å²) in [5.74, 6) is -0.604. The lowest BCUT2D eigenvalue weighted by Gasteiger charge is -2.21. The minimum atomic E-state index is -3.66. The van der Waals surface area contributed by atoms with Crippen molar-refractivity contribution in [3.8, 4) is 0 Å². The lowest BCUT2D eigenvalue weighted by Crippen LogP contribution is -2.34. The molecule has 3 N–H and O–H groups in total. The lowest BCUT2D eigenvalue weighted by molar-refractivity contribution is 0.1000. The number of carbonyl (C=O) groups is 1. The summed E-state index contributed by atoms with van der Waals surface area (Å²) < 4.78 is 26.1. The van der Waals surface area contributed by atoms with E-state index in [-0.39, 0.29) is 23.6 Å². The number of nitrogens with two attached hydrogens (primary N) is 1. The van der Waals surface area contributed by atoms with E-state index in [0.717, 1.165) is 12.8 Å². The van der Waals surface area contributed by atoms with Gasteiger partial charge in [-0.1, -0.05) is 13.3 Å². The second-order valence-corrected chi connectivity index (χ2v) is 6.31. The van der Waals surface area contributed by atoms with Gasteiger partial charge in [-0.2, -0.15) is 4.31 Å². The number of aliphatic hydroxyl groups is 1. The molecule has 0 fully saturated rings. The Hall–Kier alpha value is -1.44. The van der Waals surface area contributed by atoms with E-state index in [0.29, 0.717) is 6.54 Å². The van der Waals surface area contributed by atoms with Gasteiger partial charge in [-0.15, -0.1) is 0 Å². The zero-order valence-electron chi connectivity index (χ0n) is 11.4. The van der Waals surface area contributed by atoms with Crippen molar-refractivity contribution in [1.29, 1.82) is 0 Å². The normalized spacial score (nSPS) is 11.8. The summed E-state index contributed by atoms with van der Waals surface area (Å²) in [6, 6.07) is 5.47. The first kappa shape index (κ1) is 16.6. The van der Waals surface area contributed by atoms with Crippen molar-refractivity contribution in [1.82, 2.24) is 4.31 Å². The van der Waals surface area contributed by atoms with E-state index in [1.54, 1.807) is 0 Å². The molecule has 0 spiro atoms. The zero-order chi connectivity index (χ0) is 15.2. The molecule has 0 unspecified atom stereocenters. The highest BCUT2D eigenvalue weighted by Gasteiger charge is 2.23. The van der Waals surface area contributed by atoms with Gasteiger partial charge in [-0.25, -0.2) is 8.42 Å². The molecule has 0 aliphatic heterocycles. The third-order valence-electron chi connectivity index (χ3n) is 2.89. The predicted molar refractivity (Wildman–Crippen MR) is 75.7 cm³/mol. The first-order chi connectivity index (χ1) is 9.43. The lowest BCUT2D eigenvalue weighted by atomic mass is 10.2. The van der Waals surface area contributed by atoms with Gasteiger partial charge in [0.25, 0.3) is 0 Å². The first-order valence-electron chi connectivity index (χ1n) is 6.44. The molecule has 0 radical (unpaired) electrons. The minimum Gasteiger partial charge on any atom is -0.395 e. The molecule has 1 rings (SSSR count). The van der Waals surface area contributed by atoms with Crippen LogP contribution in [0.15, 0.2) is 29.2 Å². The Morgan fingerprint density at radius 2 is 1.85 bits per heavy atom. The Morgan fingerprint density at radius 1 is 1.25 bits per heavy atom. The van der Waals surface area contributed by atoms with Crippen LogP contribution in [0, 0.1) is 0 Å². The van der Waals surface area contributed by atoms with Crippen molar-refractivity contribution in [3.63, 3.8) is 0 Å². The van der Waals surface area contributed by atoms with E-state index in [1.807, 2.05) is 6.92 Å². The van der Waals surface area contributed by atoms with Crippen LogP contribution in [-0.2, 0) is 10.0 Å². The molecule has 1 amide bonds. The second-order valence-electron chi connectivity index (χ2n) is 4.37. The predicted octanol–water partition coefficient (Wildman–Crippen LogP) is 0.569. The number of hydrogen-bond acceptors (Lipinski definition) is 4. The number of amides is 1. The number of rotatable bonds is 8. The Morgan fingerprint density at radius 3 is 2.30 bits per heavy atom. The minimum absolute atomic E-state index is 0.0555. The molecule has 6 nitrogen and oxygen atoms in total. The number of aliphatic hydroxyl groups excluding tert-OH is 1. The van der Waals surface area contributed by atoms with Gasteiger partial charge in [0, 0.05) is 18.7 Å². The number of nitrogens with zero attached hydrogens (tertiary/aromatic N) is 1. The topological polar surface area (TPSA) is 101 Å². The average molecular weight is 300 g/mol. The molecule has 20 heavy (non-hydrogen) atoms. The fourth-order valence-corrected chi connectivity index (χ4v) is 3.21. The number of hydrogen-bond donors (Lipinski definition) is 2. The van der Waals surface area contributed by atoms with Crippen molar-refractivity contribution < 1.29 is 18.3 Å². The van der Waals surface area contributed by atoms with Gasteiger partial charge in [0.15, 0.2) is 0 Å². The molecule has 112 valence electrons. The highest BCUT2D eigenvalue weighted by molar-refractivity contribution is 7.89. The number of sulfonamides is 1. The molecule has 0 atom stereocenters. The van der Waals surface area contributed by atoms with Gasteiger partial charge in [0.05, 0.1) is 11.5 Å². The number of unbranched alkanes of at least 4 members (excludes halogenated alkanes) is 1. The Bertz CT molecular complexity index is 540. The largest absolute Gasteiger partial charge is 0.395 e. The molecular formula is C13H20N2O4S. The van der Waals surface area contributed by atoms with Gasteiger partial charge in [0.1, 0.15) is 0 Å². The van der Waals surface area contributed by atoms with Crippen molar-refractivity contribution in [2.75, 3.05) is 19.7 Å². The molecule has 0 saturated carbocycles. The molecule has 1 aromatic rings. The van der Waals surface area contributed by atoms with Gasteiger partial charge in [-0.05, 0) is 30.7 Å². The Kier molecular flexibility index (Phi) is 6.12. The number of carbonyl (C=O) groups excluding carboxylic acids is 1. The summed E-state index contributed by atoms with van der Waals surface area (Å²) in [6.45, 7) is 2.14. The summed E-state index contributed by atoms with van der Waals surface area (Å²) in [6.07, 6.45) is 1.58. The molecular weight excluding hydrogens is 280 g/mol. The highest BCUT2D eigenvalue weighted by atomic mass is 32.2. The van der Waals surface area contributed by atoms with Crippen molar-refractivity contribution in [3.05, 3.63) is 29.8 Å². The maximum atomic E-state index is 12.4. The summed E-state index contributed by atoms with van der Waals surface area (Å²) in [7, 11) is -3.66. The smallest absolute Gasteiger partial charge is 0.248 e. The van der Waals surface area contributed by atoms with Crippen molar-refractivity contribution in [2.45, 2.75) is 24.7 Å². The zero-order valence-corrected chi connectivity index (χ0v) is 12.3. The summed E-state index contributed by atoms with van der Waals surface area (Å²) in [5, 5.41) is 9.00. The molecule has 0 aliphatic carbocycles. The van der Waals surface area contributed by atoms with Crippen molar-refractivity contribution >= 4 is 15.9 Å². The molecule has 0 aromatic heterocycles. The van der Waals surface area contributed by atoms with Crippen LogP contribution in [-0.4, -0.2) is 43.4 Å². The van der Waals surface area contributed by atoms with Gasteiger partial charge >= 0.3 is 0 Å². The van der Waals surface area contributed by atoms with Crippen LogP contribution < -0.4 is 5.73 Å². The quantitative estimate of drug-likeness (QED) is 0.733. The van der Waals surface area contributed by atoms with Crippen LogP contribution in [0.2, 0.25) is 0 Å². The van der Waals surface area contributed by atoms with E-state index in [2.05, 4.69) is 0 Å². The fourth-order valence-electron chi connectivity index (χ4n) is 1.74. The van der Waals surface area contributed by atoms with E-state index in [9.17, 15) is 13.2 Å². The van der Waals surface area contributed by atoms with Crippen LogP contribution in [0.5, 0.6) is 0 Å². The van der Waals surface area contributed by atoms with Crippen LogP contribution in [0.1, 0.15) is 30.1 Å². The number of benzene rings is 1. The molecule has 0 bridgehead atoms. The summed E-state index contributed by atoms with van der Waals surface area (Å²) in [5.41, 5.74) is 5.37. The first-order valence-corrected chi connectivity index (χ1v) is 7.88. The fraction of sp³-hybridized carbons (Fsp3) is 0.462. The van der Waals surface area contributed by atoms with Gasteiger partial charge in [-0.3, -0.25) is 4.79 Å². The molecule has 0 heterocycles. The maximum Gasteiger partial charge on any atom is 0.248 e. The van der Waals surface area contributed by atoms with E-state index >= 15 is 0 Å². The van der Waals surface area contributed by atoms with Crippen LogP contribution in [0.3, 0.4) is 0 Å². The summed E-state index contributed by atoms with van der Waals surface area (Å²) >= 11 is 0.